The molecule has 0 aromatic carbocycles. The van der Waals surface area contributed by atoms with Crippen LogP contribution in [0.2, 0.25) is 0 Å². The summed E-state index contributed by atoms with van der Waals surface area (Å²) in [6.07, 6.45) is 2.23. The zero-order chi connectivity index (χ0) is 13.8. The van der Waals surface area contributed by atoms with Crippen LogP contribution in [0.5, 0.6) is 0 Å². The fraction of sp³-hybridized carbons (Fsp3) is 0.636. The number of nitrogens with zero attached hydrogens (tertiary/aromatic N) is 4. The summed E-state index contributed by atoms with van der Waals surface area (Å²) in [5.41, 5.74) is 5.32. The van der Waals surface area contributed by atoms with Crippen LogP contribution in [-0.4, -0.2) is 46.0 Å². The minimum Gasteiger partial charge on any atom is -0.368 e. The number of nitrogens with one attached hydrogen (secondary N) is 1. The molecule has 1 fully saturated rings. The van der Waals surface area contributed by atoms with Crippen LogP contribution in [0.25, 0.3) is 0 Å². The first-order valence-corrected chi connectivity index (χ1v) is 6.33. The molecule has 0 saturated carbocycles. The van der Waals surface area contributed by atoms with Gasteiger partial charge in [-0.25, -0.2) is 4.98 Å². The summed E-state index contributed by atoms with van der Waals surface area (Å²) in [4.78, 5) is 20.3. The average molecular weight is 266 g/mol. The third kappa shape index (κ3) is 3.28. The van der Waals surface area contributed by atoms with Crippen LogP contribution in [0.15, 0.2) is 6.20 Å². The molecule has 1 aromatic rings. The molecule has 8 nitrogen and oxygen atoms in total. The average Bonchev–Trinajstić information content (AvgIpc) is 2.84. The van der Waals surface area contributed by atoms with Crippen molar-refractivity contribution < 1.29 is 4.92 Å². The van der Waals surface area contributed by atoms with E-state index in [1.165, 1.54) is 0 Å². The van der Waals surface area contributed by atoms with Gasteiger partial charge in [0, 0.05) is 13.1 Å². The van der Waals surface area contributed by atoms with E-state index in [0.717, 1.165) is 32.3 Å². The van der Waals surface area contributed by atoms with Crippen molar-refractivity contribution in [3.8, 4) is 0 Å². The molecule has 2 rings (SSSR count). The molecule has 0 bridgehead atoms. The molecule has 1 unspecified atom stereocenters. The quantitative estimate of drug-likeness (QED) is 0.596. The van der Waals surface area contributed by atoms with E-state index in [0.29, 0.717) is 12.5 Å². The van der Waals surface area contributed by atoms with Crippen molar-refractivity contribution >= 4 is 17.5 Å². The number of likely N-dealkylation sites (tertiary alicyclic amines) is 1. The third-order valence-electron chi connectivity index (χ3n) is 3.36. The second-order valence-corrected chi connectivity index (χ2v) is 4.65. The van der Waals surface area contributed by atoms with Gasteiger partial charge in [0.05, 0.1) is 4.92 Å². The molecule has 0 spiro atoms. The highest BCUT2D eigenvalue weighted by Gasteiger charge is 2.23. The van der Waals surface area contributed by atoms with Gasteiger partial charge in [-0.2, -0.15) is 4.98 Å². The van der Waals surface area contributed by atoms with Crippen LogP contribution in [0, 0.1) is 16.0 Å². The molecule has 2 heterocycles. The zero-order valence-corrected chi connectivity index (χ0v) is 10.9. The van der Waals surface area contributed by atoms with Crippen LogP contribution in [0.1, 0.15) is 13.3 Å². The summed E-state index contributed by atoms with van der Waals surface area (Å²) in [6.45, 7) is 5.92. The van der Waals surface area contributed by atoms with Crippen LogP contribution in [-0.2, 0) is 0 Å². The summed E-state index contributed by atoms with van der Waals surface area (Å²) < 4.78 is 0. The van der Waals surface area contributed by atoms with Gasteiger partial charge in [0.15, 0.2) is 0 Å². The van der Waals surface area contributed by atoms with Gasteiger partial charge in [0.2, 0.25) is 11.8 Å². The lowest BCUT2D eigenvalue weighted by molar-refractivity contribution is -0.384. The van der Waals surface area contributed by atoms with Crippen molar-refractivity contribution in [3.63, 3.8) is 0 Å². The van der Waals surface area contributed by atoms with E-state index < -0.39 is 4.92 Å². The summed E-state index contributed by atoms with van der Waals surface area (Å²) in [7, 11) is 0. The van der Waals surface area contributed by atoms with E-state index >= 15 is 0 Å². The highest BCUT2D eigenvalue weighted by Crippen LogP contribution is 2.23. The van der Waals surface area contributed by atoms with Crippen LogP contribution >= 0.6 is 0 Å². The SMILES string of the molecule is CCN1CCC(CNc2nc(N)ncc2[N+](=O)[O-])C1. The molecular weight excluding hydrogens is 248 g/mol. The van der Waals surface area contributed by atoms with Gasteiger partial charge in [0.1, 0.15) is 6.20 Å². The fourth-order valence-electron chi connectivity index (χ4n) is 2.26. The Bertz CT molecular complexity index is 466. The van der Waals surface area contributed by atoms with Gasteiger partial charge in [-0.15, -0.1) is 0 Å². The lowest BCUT2D eigenvalue weighted by atomic mass is 10.1. The highest BCUT2D eigenvalue weighted by atomic mass is 16.6. The largest absolute Gasteiger partial charge is 0.368 e. The number of hydrogen-bond acceptors (Lipinski definition) is 7. The summed E-state index contributed by atoms with van der Waals surface area (Å²) in [6, 6.07) is 0. The van der Waals surface area contributed by atoms with E-state index in [1.54, 1.807) is 0 Å². The number of nitrogens with two attached hydrogens (primary N) is 1. The molecule has 104 valence electrons. The van der Waals surface area contributed by atoms with E-state index in [4.69, 9.17) is 5.73 Å². The van der Waals surface area contributed by atoms with Gasteiger partial charge in [-0.3, -0.25) is 10.1 Å². The lowest BCUT2D eigenvalue weighted by Gasteiger charge is -2.14. The predicted molar refractivity (Wildman–Crippen MR) is 71.8 cm³/mol. The zero-order valence-electron chi connectivity index (χ0n) is 10.9. The van der Waals surface area contributed by atoms with E-state index in [-0.39, 0.29) is 17.5 Å². The second kappa shape index (κ2) is 5.79. The smallest absolute Gasteiger partial charge is 0.329 e. The minimum atomic E-state index is -0.505. The first-order chi connectivity index (χ1) is 9.10. The van der Waals surface area contributed by atoms with Crippen LogP contribution in [0.3, 0.4) is 0 Å². The Morgan fingerprint density at radius 3 is 3.11 bits per heavy atom. The summed E-state index contributed by atoms with van der Waals surface area (Å²) in [5.74, 6) is 0.720. The summed E-state index contributed by atoms with van der Waals surface area (Å²) >= 11 is 0. The van der Waals surface area contributed by atoms with Crippen molar-refractivity contribution in [3.05, 3.63) is 16.3 Å². The maximum atomic E-state index is 10.9. The number of nitro groups is 1. The molecule has 1 aliphatic heterocycles. The Morgan fingerprint density at radius 2 is 2.47 bits per heavy atom. The molecule has 19 heavy (non-hydrogen) atoms. The number of hydrogen-bond donors (Lipinski definition) is 2. The van der Waals surface area contributed by atoms with Crippen molar-refractivity contribution in [1.29, 1.82) is 0 Å². The van der Waals surface area contributed by atoms with Gasteiger partial charge >= 0.3 is 5.69 Å². The highest BCUT2D eigenvalue weighted by molar-refractivity contribution is 5.56. The Labute approximate surface area is 111 Å². The van der Waals surface area contributed by atoms with E-state index in [2.05, 4.69) is 27.1 Å². The van der Waals surface area contributed by atoms with Crippen molar-refractivity contribution in [2.45, 2.75) is 13.3 Å². The van der Waals surface area contributed by atoms with E-state index in [9.17, 15) is 10.1 Å². The number of nitrogen functional groups attached to an aromatic ring is 1. The number of rotatable bonds is 5. The van der Waals surface area contributed by atoms with Gasteiger partial charge in [0.25, 0.3) is 0 Å². The van der Waals surface area contributed by atoms with Gasteiger partial charge in [-0.1, -0.05) is 6.92 Å². The fourth-order valence-corrected chi connectivity index (χ4v) is 2.26. The van der Waals surface area contributed by atoms with Crippen molar-refractivity contribution in [2.24, 2.45) is 5.92 Å². The second-order valence-electron chi connectivity index (χ2n) is 4.65. The maximum absolute atomic E-state index is 10.9. The van der Waals surface area contributed by atoms with Gasteiger partial charge < -0.3 is 16.0 Å². The Balaban J connectivity index is 1.99. The molecule has 0 amide bonds. The Hall–Kier alpha value is -1.96. The maximum Gasteiger partial charge on any atom is 0.329 e. The molecule has 0 aliphatic carbocycles. The van der Waals surface area contributed by atoms with Crippen LogP contribution < -0.4 is 11.1 Å². The topological polar surface area (TPSA) is 110 Å². The van der Waals surface area contributed by atoms with Crippen molar-refractivity contribution in [1.82, 2.24) is 14.9 Å². The standard InChI is InChI=1S/C11H18N6O2/c1-2-16-4-3-8(7-16)5-13-10-9(17(18)19)6-14-11(12)15-10/h6,8H,2-5,7H2,1H3,(H3,12,13,14,15). The lowest BCUT2D eigenvalue weighted by Crippen LogP contribution is -2.23. The number of anilines is 2. The first kappa shape index (κ1) is 13.5. The number of aromatic nitrogens is 2. The predicted octanol–water partition coefficient (Wildman–Crippen LogP) is 0.721. The first-order valence-electron chi connectivity index (χ1n) is 6.33. The summed E-state index contributed by atoms with van der Waals surface area (Å²) in [5, 5.41) is 13.9. The van der Waals surface area contributed by atoms with Gasteiger partial charge in [-0.05, 0) is 25.4 Å². The van der Waals surface area contributed by atoms with Crippen molar-refractivity contribution in [2.75, 3.05) is 37.2 Å². The van der Waals surface area contributed by atoms with E-state index in [1.807, 2.05) is 0 Å². The molecule has 1 saturated heterocycles. The molecule has 8 heteroatoms. The monoisotopic (exact) mass is 266 g/mol. The molecule has 0 radical (unpaired) electrons. The molecule has 1 aromatic heterocycles. The Kier molecular flexibility index (Phi) is 4.10. The molecular formula is C11H18N6O2. The minimum absolute atomic E-state index is 0.0368. The Morgan fingerprint density at radius 1 is 1.68 bits per heavy atom. The third-order valence-corrected chi connectivity index (χ3v) is 3.36. The molecule has 1 atom stereocenters. The molecule has 3 N–H and O–H groups in total. The molecule has 1 aliphatic rings. The van der Waals surface area contributed by atoms with Crippen LogP contribution in [0.4, 0.5) is 17.5 Å². The normalized spacial score (nSPS) is 19.5.